The highest BCUT2D eigenvalue weighted by Crippen LogP contribution is 2.18. The summed E-state index contributed by atoms with van der Waals surface area (Å²) in [5.41, 5.74) is 7.65. The molecule has 0 unspecified atom stereocenters. The molecule has 0 bridgehead atoms. The van der Waals surface area contributed by atoms with Gasteiger partial charge in [-0.25, -0.2) is 4.98 Å². The van der Waals surface area contributed by atoms with E-state index in [0.29, 0.717) is 17.8 Å². The second kappa shape index (κ2) is 6.04. The molecule has 4 nitrogen and oxygen atoms in total. The minimum absolute atomic E-state index is 0.239. The normalized spacial score (nSPS) is 10.4. The van der Waals surface area contributed by atoms with Gasteiger partial charge in [-0.1, -0.05) is 18.5 Å². The van der Waals surface area contributed by atoms with E-state index in [4.69, 9.17) is 17.3 Å². The van der Waals surface area contributed by atoms with Crippen LogP contribution in [0.2, 0.25) is 5.15 Å². The summed E-state index contributed by atoms with van der Waals surface area (Å²) >= 11 is 7.40. The number of halogens is 1. The molecule has 0 fully saturated rings. The molecule has 2 heterocycles. The number of nitrogens with one attached hydrogen (secondary N) is 1. The predicted molar refractivity (Wildman–Crippen MR) is 78.5 cm³/mol. The van der Waals surface area contributed by atoms with E-state index in [-0.39, 0.29) is 11.1 Å². The Morgan fingerprint density at radius 3 is 3.11 bits per heavy atom. The highest BCUT2D eigenvalue weighted by molar-refractivity contribution is 7.10. The molecule has 6 heteroatoms. The molecular weight excluding hydrogens is 282 g/mol. The Balaban J connectivity index is 2.07. The van der Waals surface area contributed by atoms with E-state index in [1.807, 2.05) is 5.38 Å². The zero-order valence-electron chi connectivity index (χ0n) is 10.4. The highest BCUT2D eigenvalue weighted by Gasteiger charge is 2.12. The number of thiophene rings is 1. The fourth-order valence-corrected chi connectivity index (χ4v) is 2.80. The summed E-state index contributed by atoms with van der Waals surface area (Å²) in [6.45, 7) is 2.59. The fraction of sp³-hybridized carbons (Fsp3) is 0.231. The molecule has 2 aromatic heterocycles. The highest BCUT2D eigenvalue weighted by atomic mass is 35.5. The van der Waals surface area contributed by atoms with Gasteiger partial charge >= 0.3 is 0 Å². The first-order valence-electron chi connectivity index (χ1n) is 5.86. The molecule has 3 N–H and O–H groups in total. The van der Waals surface area contributed by atoms with Crippen molar-refractivity contribution in [1.29, 1.82) is 0 Å². The number of pyridine rings is 1. The number of anilines is 1. The van der Waals surface area contributed by atoms with Crippen LogP contribution in [0.5, 0.6) is 0 Å². The maximum atomic E-state index is 12.0. The molecular formula is C13H14ClN3OS. The van der Waals surface area contributed by atoms with E-state index >= 15 is 0 Å². The summed E-state index contributed by atoms with van der Waals surface area (Å²) in [5, 5.41) is 5.13. The van der Waals surface area contributed by atoms with Crippen molar-refractivity contribution >= 4 is 34.5 Å². The van der Waals surface area contributed by atoms with Crippen LogP contribution in [0.1, 0.15) is 27.7 Å². The fourth-order valence-electron chi connectivity index (χ4n) is 1.73. The Labute approximate surface area is 120 Å². The predicted octanol–water partition coefficient (Wildman–Crippen LogP) is 2.87. The molecule has 0 aromatic carbocycles. The molecule has 0 aliphatic rings. The minimum Gasteiger partial charge on any atom is -0.397 e. The van der Waals surface area contributed by atoms with Gasteiger partial charge in [0.05, 0.1) is 24.0 Å². The van der Waals surface area contributed by atoms with Crippen LogP contribution in [-0.4, -0.2) is 10.9 Å². The number of carbonyl (C=O) groups is 1. The van der Waals surface area contributed by atoms with Crippen molar-refractivity contribution in [2.45, 2.75) is 19.9 Å². The zero-order valence-corrected chi connectivity index (χ0v) is 12.0. The van der Waals surface area contributed by atoms with Crippen LogP contribution in [0.15, 0.2) is 23.7 Å². The number of nitrogens with two attached hydrogens (primary N) is 1. The second-order valence-corrected chi connectivity index (χ2v) is 5.39. The Morgan fingerprint density at radius 2 is 2.37 bits per heavy atom. The Kier molecular flexibility index (Phi) is 4.39. The van der Waals surface area contributed by atoms with Crippen molar-refractivity contribution in [2.75, 3.05) is 5.73 Å². The summed E-state index contributed by atoms with van der Waals surface area (Å²) in [6, 6.07) is 3.55. The van der Waals surface area contributed by atoms with Crippen molar-refractivity contribution < 1.29 is 4.79 Å². The zero-order chi connectivity index (χ0) is 13.8. The molecule has 0 spiro atoms. The number of amides is 1. The minimum atomic E-state index is -0.239. The summed E-state index contributed by atoms with van der Waals surface area (Å²) in [5.74, 6) is -0.239. The summed E-state index contributed by atoms with van der Waals surface area (Å²) in [7, 11) is 0. The first-order chi connectivity index (χ1) is 9.11. The third-order valence-electron chi connectivity index (χ3n) is 2.77. The molecule has 0 atom stereocenters. The van der Waals surface area contributed by atoms with E-state index in [9.17, 15) is 4.79 Å². The van der Waals surface area contributed by atoms with Crippen LogP contribution >= 0.6 is 22.9 Å². The summed E-state index contributed by atoms with van der Waals surface area (Å²) < 4.78 is 0. The number of carbonyl (C=O) groups excluding carboxylic acids is 1. The molecule has 0 aliphatic carbocycles. The number of nitrogens with zero attached hydrogens (tertiary/aromatic N) is 1. The van der Waals surface area contributed by atoms with E-state index in [1.54, 1.807) is 11.3 Å². The van der Waals surface area contributed by atoms with Crippen molar-refractivity contribution in [3.05, 3.63) is 44.9 Å². The Hall–Kier alpha value is -1.59. The van der Waals surface area contributed by atoms with E-state index in [0.717, 1.165) is 11.3 Å². The third kappa shape index (κ3) is 3.24. The number of hydrogen-bond acceptors (Lipinski definition) is 4. The van der Waals surface area contributed by atoms with Gasteiger partial charge in [-0.15, -0.1) is 11.3 Å². The molecule has 100 valence electrons. The van der Waals surface area contributed by atoms with Gasteiger partial charge in [0.2, 0.25) is 0 Å². The van der Waals surface area contributed by atoms with Gasteiger partial charge in [0.25, 0.3) is 5.91 Å². The lowest BCUT2D eigenvalue weighted by atomic mass is 10.2. The summed E-state index contributed by atoms with van der Waals surface area (Å²) in [6.07, 6.45) is 2.35. The lowest BCUT2D eigenvalue weighted by Gasteiger charge is -2.07. The van der Waals surface area contributed by atoms with Crippen LogP contribution < -0.4 is 11.1 Å². The maximum Gasteiger partial charge on any atom is 0.253 e. The van der Waals surface area contributed by atoms with Crippen molar-refractivity contribution in [2.24, 2.45) is 0 Å². The van der Waals surface area contributed by atoms with E-state index < -0.39 is 0 Å². The molecule has 0 saturated heterocycles. The molecule has 1 amide bonds. The van der Waals surface area contributed by atoms with Crippen LogP contribution in [0.3, 0.4) is 0 Å². The molecule has 0 aliphatic heterocycles. The molecule has 2 aromatic rings. The first kappa shape index (κ1) is 13.8. The van der Waals surface area contributed by atoms with Gasteiger partial charge in [-0.05, 0) is 29.5 Å². The van der Waals surface area contributed by atoms with Crippen molar-refractivity contribution in [3.63, 3.8) is 0 Å². The smallest absolute Gasteiger partial charge is 0.253 e. The van der Waals surface area contributed by atoms with Crippen molar-refractivity contribution in [1.82, 2.24) is 10.3 Å². The van der Waals surface area contributed by atoms with Crippen LogP contribution in [-0.2, 0) is 13.0 Å². The molecule has 2 rings (SSSR count). The van der Waals surface area contributed by atoms with Gasteiger partial charge in [0.1, 0.15) is 5.15 Å². The van der Waals surface area contributed by atoms with Gasteiger partial charge in [-0.2, -0.15) is 0 Å². The SMILES string of the molecule is CCc1ccsc1CNC(=O)c1cc(Cl)ncc1N. The van der Waals surface area contributed by atoms with Crippen LogP contribution in [0.4, 0.5) is 5.69 Å². The monoisotopic (exact) mass is 295 g/mol. The number of hydrogen-bond donors (Lipinski definition) is 2. The quantitative estimate of drug-likeness (QED) is 0.852. The molecule has 0 saturated carbocycles. The van der Waals surface area contributed by atoms with Crippen LogP contribution in [0.25, 0.3) is 0 Å². The van der Waals surface area contributed by atoms with Gasteiger partial charge in [-0.3, -0.25) is 4.79 Å². The lowest BCUT2D eigenvalue weighted by Crippen LogP contribution is -2.24. The van der Waals surface area contributed by atoms with Gasteiger partial charge < -0.3 is 11.1 Å². The standard InChI is InChI=1S/C13H14ClN3OS/c1-2-8-3-4-19-11(8)7-17-13(18)9-5-12(14)16-6-10(9)15/h3-6H,2,7,15H2,1H3,(H,17,18). The largest absolute Gasteiger partial charge is 0.397 e. The van der Waals surface area contributed by atoms with Crippen molar-refractivity contribution in [3.8, 4) is 0 Å². The third-order valence-corrected chi connectivity index (χ3v) is 3.94. The second-order valence-electron chi connectivity index (χ2n) is 4.00. The van der Waals surface area contributed by atoms with E-state index in [1.165, 1.54) is 17.8 Å². The topological polar surface area (TPSA) is 68.0 Å². The van der Waals surface area contributed by atoms with E-state index in [2.05, 4.69) is 23.3 Å². The molecule has 19 heavy (non-hydrogen) atoms. The Morgan fingerprint density at radius 1 is 1.58 bits per heavy atom. The van der Waals surface area contributed by atoms with Crippen LogP contribution in [0, 0.1) is 0 Å². The number of rotatable bonds is 4. The number of aromatic nitrogens is 1. The number of nitrogen functional groups attached to an aromatic ring is 1. The lowest BCUT2D eigenvalue weighted by molar-refractivity contribution is 0.0952. The first-order valence-corrected chi connectivity index (χ1v) is 7.12. The summed E-state index contributed by atoms with van der Waals surface area (Å²) in [4.78, 5) is 17.0. The average Bonchev–Trinajstić information content (AvgIpc) is 2.86. The average molecular weight is 296 g/mol. The van der Waals surface area contributed by atoms with Gasteiger partial charge in [0, 0.05) is 4.88 Å². The Bertz CT molecular complexity index is 597. The molecule has 0 radical (unpaired) electrons. The van der Waals surface area contributed by atoms with Gasteiger partial charge in [0.15, 0.2) is 0 Å². The number of aryl methyl sites for hydroxylation is 1. The maximum absolute atomic E-state index is 12.0.